The smallest absolute Gasteiger partial charge is 0.242 e. The van der Waals surface area contributed by atoms with Crippen molar-refractivity contribution in [1.29, 1.82) is 0 Å². The molecule has 1 saturated carbocycles. The van der Waals surface area contributed by atoms with Crippen molar-refractivity contribution in [3.05, 3.63) is 77.6 Å². The number of ether oxygens (including phenoxy) is 1. The number of amides is 2. The third-order valence-electron chi connectivity index (χ3n) is 7.31. The molecule has 0 saturated heterocycles. The Labute approximate surface area is 199 Å². The number of carbonyl (C=O) groups is 2. The predicted molar refractivity (Wildman–Crippen MR) is 130 cm³/mol. The van der Waals surface area contributed by atoms with E-state index in [1.54, 1.807) is 16.0 Å². The molecule has 2 amide bonds. The zero-order valence-corrected chi connectivity index (χ0v) is 19.9. The molecular weight excluding hydrogens is 428 g/mol. The normalized spacial score (nSPS) is 20.5. The maximum absolute atomic E-state index is 13.8. The first-order chi connectivity index (χ1) is 16.4. The summed E-state index contributed by atoms with van der Waals surface area (Å²) in [4.78, 5) is 30.7. The average molecular weight is 459 g/mol. The van der Waals surface area contributed by atoms with Crippen LogP contribution in [0.4, 0.5) is 5.69 Å². The van der Waals surface area contributed by atoms with E-state index in [-0.39, 0.29) is 24.3 Å². The molecule has 2 heterocycles. The lowest BCUT2D eigenvalue weighted by Gasteiger charge is -2.35. The van der Waals surface area contributed by atoms with Crippen molar-refractivity contribution in [3.63, 3.8) is 0 Å². The summed E-state index contributed by atoms with van der Waals surface area (Å²) in [6.07, 6.45) is 2.55. The molecule has 0 bridgehead atoms. The van der Waals surface area contributed by atoms with E-state index in [0.717, 1.165) is 34.7 Å². The molecule has 2 aromatic carbocycles. The highest BCUT2D eigenvalue weighted by molar-refractivity contribution is 6.07. The lowest BCUT2D eigenvalue weighted by molar-refractivity contribution is -0.133. The van der Waals surface area contributed by atoms with Crippen molar-refractivity contribution in [2.45, 2.75) is 32.7 Å². The number of para-hydroxylation sites is 2. The summed E-state index contributed by atoms with van der Waals surface area (Å²) in [7, 11) is 1.89. The summed E-state index contributed by atoms with van der Waals surface area (Å²) in [5.74, 6) is 0.786. The standard InChI is InChI=1S/C27H30N4O3/c1-4-30(16-20-15-28-29(3)19(20)2)25(32)17-31-24-13-9-8-12-22(24)23-14-27(23,26(31)33)18-34-21-10-6-5-7-11-21/h5-13,15,23H,4,14,16-18H2,1-3H3/t23-,27+/m0/s1. The monoisotopic (exact) mass is 458 g/mol. The average Bonchev–Trinajstić information content (AvgIpc) is 3.54. The molecule has 2 aliphatic rings. The zero-order chi connectivity index (χ0) is 23.9. The third-order valence-corrected chi connectivity index (χ3v) is 7.31. The van der Waals surface area contributed by atoms with Gasteiger partial charge in [0.2, 0.25) is 11.8 Å². The Hall–Kier alpha value is -3.61. The third kappa shape index (κ3) is 3.75. The highest BCUT2D eigenvalue weighted by atomic mass is 16.5. The number of hydrogen-bond donors (Lipinski definition) is 0. The predicted octanol–water partition coefficient (Wildman–Crippen LogP) is 3.68. The van der Waals surface area contributed by atoms with Gasteiger partial charge in [0, 0.05) is 43.0 Å². The number of anilines is 1. The molecule has 2 atom stereocenters. The van der Waals surface area contributed by atoms with Crippen LogP contribution in [0, 0.1) is 12.3 Å². The Bertz CT molecular complexity index is 1220. The van der Waals surface area contributed by atoms with Crippen molar-refractivity contribution >= 4 is 17.5 Å². The van der Waals surface area contributed by atoms with E-state index in [1.807, 2.05) is 74.1 Å². The van der Waals surface area contributed by atoms with Crippen LogP contribution in [0.2, 0.25) is 0 Å². The number of benzene rings is 2. The summed E-state index contributed by atoms with van der Waals surface area (Å²) in [6, 6.07) is 17.5. The number of carbonyl (C=O) groups excluding carboxylic acids is 2. The van der Waals surface area contributed by atoms with Gasteiger partial charge in [-0.25, -0.2) is 0 Å². The topological polar surface area (TPSA) is 67.7 Å². The summed E-state index contributed by atoms with van der Waals surface area (Å²) >= 11 is 0. The fraction of sp³-hybridized carbons (Fsp3) is 0.370. The molecule has 1 aliphatic carbocycles. The summed E-state index contributed by atoms with van der Waals surface area (Å²) in [6.45, 7) is 5.32. The molecule has 5 rings (SSSR count). The van der Waals surface area contributed by atoms with Gasteiger partial charge < -0.3 is 14.5 Å². The van der Waals surface area contributed by atoms with E-state index in [2.05, 4.69) is 11.2 Å². The highest BCUT2D eigenvalue weighted by Gasteiger charge is 2.66. The molecule has 7 heteroatoms. The summed E-state index contributed by atoms with van der Waals surface area (Å²) in [5.41, 5.74) is 3.40. The van der Waals surface area contributed by atoms with Crippen molar-refractivity contribution < 1.29 is 14.3 Å². The van der Waals surface area contributed by atoms with Gasteiger partial charge in [0.1, 0.15) is 18.9 Å². The molecule has 176 valence electrons. The van der Waals surface area contributed by atoms with Crippen LogP contribution in [0.25, 0.3) is 0 Å². The maximum atomic E-state index is 13.8. The first-order valence-electron chi connectivity index (χ1n) is 11.8. The second kappa shape index (κ2) is 8.63. The van der Waals surface area contributed by atoms with E-state index in [9.17, 15) is 9.59 Å². The lowest BCUT2D eigenvalue weighted by Crippen LogP contribution is -2.49. The Morgan fingerprint density at radius 3 is 2.62 bits per heavy atom. The van der Waals surface area contributed by atoms with Gasteiger partial charge in [0.15, 0.2) is 0 Å². The lowest BCUT2D eigenvalue weighted by atomic mass is 9.92. The number of aromatic nitrogens is 2. The molecule has 0 radical (unpaired) electrons. The molecule has 0 N–H and O–H groups in total. The van der Waals surface area contributed by atoms with E-state index < -0.39 is 5.41 Å². The molecule has 3 aromatic rings. The molecule has 1 aromatic heterocycles. The van der Waals surface area contributed by atoms with Crippen LogP contribution in [-0.2, 0) is 23.2 Å². The Morgan fingerprint density at radius 1 is 1.18 bits per heavy atom. The number of likely N-dealkylation sites (N-methyl/N-ethyl adjacent to an activating group) is 1. The Kier molecular flexibility index (Phi) is 5.63. The SMILES string of the molecule is CCN(Cc1cnn(C)c1C)C(=O)CN1C(=O)[C@@]2(COc3ccccc3)C[C@H]2c2ccccc21. The van der Waals surface area contributed by atoms with E-state index in [4.69, 9.17) is 4.74 Å². The molecular formula is C27H30N4O3. The second-order valence-electron chi connectivity index (χ2n) is 9.25. The first kappa shape index (κ1) is 22.2. The maximum Gasteiger partial charge on any atom is 0.242 e. The summed E-state index contributed by atoms with van der Waals surface area (Å²) in [5, 5.41) is 4.29. The Balaban J connectivity index is 1.37. The van der Waals surface area contributed by atoms with Gasteiger partial charge in [0.05, 0.1) is 11.6 Å². The quantitative estimate of drug-likeness (QED) is 0.517. The zero-order valence-electron chi connectivity index (χ0n) is 19.9. The minimum atomic E-state index is -0.610. The number of nitrogens with zero attached hydrogens (tertiary/aromatic N) is 4. The van der Waals surface area contributed by atoms with Crippen molar-refractivity contribution in [3.8, 4) is 5.75 Å². The van der Waals surface area contributed by atoms with Crippen molar-refractivity contribution in [1.82, 2.24) is 14.7 Å². The highest BCUT2D eigenvalue weighted by Crippen LogP contribution is 2.65. The molecule has 1 fully saturated rings. The molecule has 34 heavy (non-hydrogen) atoms. The van der Waals surface area contributed by atoms with E-state index in [1.165, 1.54) is 0 Å². The molecule has 0 unspecified atom stereocenters. The van der Waals surface area contributed by atoms with Gasteiger partial charge in [-0.3, -0.25) is 14.3 Å². The van der Waals surface area contributed by atoms with E-state index in [0.29, 0.717) is 19.7 Å². The fourth-order valence-corrected chi connectivity index (χ4v) is 4.98. The number of fused-ring (bicyclic) bond motifs is 3. The van der Waals surface area contributed by atoms with Crippen LogP contribution >= 0.6 is 0 Å². The van der Waals surface area contributed by atoms with Gasteiger partial charge in [-0.05, 0) is 44.0 Å². The Morgan fingerprint density at radius 2 is 1.91 bits per heavy atom. The first-order valence-corrected chi connectivity index (χ1v) is 11.8. The van der Waals surface area contributed by atoms with Gasteiger partial charge >= 0.3 is 0 Å². The molecule has 0 spiro atoms. The summed E-state index contributed by atoms with van der Waals surface area (Å²) < 4.78 is 7.85. The molecule has 7 nitrogen and oxygen atoms in total. The number of rotatable bonds is 8. The number of hydrogen-bond acceptors (Lipinski definition) is 4. The van der Waals surface area contributed by atoms with Crippen LogP contribution in [0.15, 0.2) is 60.8 Å². The van der Waals surface area contributed by atoms with Crippen LogP contribution in [-0.4, -0.2) is 46.2 Å². The van der Waals surface area contributed by atoms with Crippen LogP contribution < -0.4 is 9.64 Å². The van der Waals surface area contributed by atoms with Crippen LogP contribution in [0.1, 0.15) is 36.1 Å². The van der Waals surface area contributed by atoms with Crippen molar-refractivity contribution in [2.24, 2.45) is 12.5 Å². The fourth-order valence-electron chi connectivity index (χ4n) is 4.98. The van der Waals surface area contributed by atoms with Crippen LogP contribution in [0.3, 0.4) is 0 Å². The second-order valence-corrected chi connectivity index (χ2v) is 9.25. The molecule has 1 aliphatic heterocycles. The van der Waals surface area contributed by atoms with E-state index >= 15 is 0 Å². The largest absolute Gasteiger partial charge is 0.492 e. The van der Waals surface area contributed by atoms with Gasteiger partial charge in [-0.2, -0.15) is 5.10 Å². The van der Waals surface area contributed by atoms with Crippen LogP contribution in [0.5, 0.6) is 5.75 Å². The minimum absolute atomic E-state index is 0.0167. The van der Waals surface area contributed by atoms with Gasteiger partial charge in [-0.15, -0.1) is 0 Å². The number of aryl methyl sites for hydroxylation is 1. The van der Waals surface area contributed by atoms with Crippen molar-refractivity contribution in [2.75, 3.05) is 24.6 Å². The van der Waals surface area contributed by atoms with Gasteiger partial charge in [0.25, 0.3) is 0 Å². The van der Waals surface area contributed by atoms with Gasteiger partial charge in [-0.1, -0.05) is 36.4 Å². The minimum Gasteiger partial charge on any atom is -0.492 e.